The van der Waals surface area contributed by atoms with Crippen molar-refractivity contribution in [2.45, 2.75) is 33.1 Å². The number of morpholine rings is 1. The molecular weight excluding hydrogens is 412 g/mol. The number of piperidine rings is 1. The number of benzene rings is 1. The third-order valence-corrected chi connectivity index (χ3v) is 6.50. The first-order chi connectivity index (χ1) is 15.5. The molecule has 2 saturated heterocycles. The molecule has 0 spiro atoms. The predicted octanol–water partition coefficient (Wildman–Crippen LogP) is 2.46. The van der Waals surface area contributed by atoms with E-state index in [2.05, 4.69) is 4.90 Å². The van der Waals surface area contributed by atoms with Gasteiger partial charge in [0.15, 0.2) is 0 Å². The number of rotatable bonds is 6. The Morgan fingerprint density at radius 3 is 2.78 bits per heavy atom. The smallest absolute Gasteiger partial charge is 0.310 e. The van der Waals surface area contributed by atoms with Crippen LogP contribution in [-0.2, 0) is 20.7 Å². The van der Waals surface area contributed by atoms with Crippen LogP contribution in [0.15, 0.2) is 21.3 Å². The highest BCUT2D eigenvalue weighted by Crippen LogP contribution is 2.31. The van der Waals surface area contributed by atoms with Crippen LogP contribution in [0.1, 0.15) is 30.9 Å². The summed E-state index contributed by atoms with van der Waals surface area (Å²) in [4.78, 5) is 29.1. The maximum Gasteiger partial charge on any atom is 0.310 e. The quantitative estimate of drug-likeness (QED) is 0.680. The van der Waals surface area contributed by atoms with Gasteiger partial charge < -0.3 is 28.8 Å². The largest absolute Gasteiger partial charge is 0.500 e. The van der Waals surface area contributed by atoms with Gasteiger partial charge in [-0.15, -0.1) is 0 Å². The van der Waals surface area contributed by atoms with Crippen LogP contribution in [0, 0.1) is 12.8 Å². The molecule has 0 saturated carbocycles. The van der Waals surface area contributed by atoms with Gasteiger partial charge in [-0.05, 0) is 56.8 Å². The molecular formula is C24H32N2O6. The number of ether oxygens (including phenoxy) is 2. The zero-order valence-electron chi connectivity index (χ0n) is 18.9. The van der Waals surface area contributed by atoms with E-state index in [1.807, 2.05) is 24.8 Å². The van der Waals surface area contributed by atoms with E-state index in [1.165, 1.54) is 0 Å². The molecule has 1 unspecified atom stereocenters. The molecule has 174 valence electrons. The molecule has 1 N–H and O–H groups in total. The third kappa shape index (κ3) is 4.61. The lowest BCUT2D eigenvalue weighted by Gasteiger charge is -2.31. The molecule has 0 radical (unpaired) electrons. The normalized spacial score (nSPS) is 19.9. The lowest BCUT2D eigenvalue weighted by Crippen LogP contribution is -2.40. The van der Waals surface area contributed by atoms with Gasteiger partial charge >= 0.3 is 5.97 Å². The standard InChI is InChI=1S/C24H32N2O6/c1-3-31-24(29)18-5-4-9-25(15-18)10-8-17-6-7-19-20(27)21(28)23(32-22(19)16(17)2)26-11-13-30-14-12-26/h6-7,18,28H,3-5,8-15H2,1-2H3. The van der Waals surface area contributed by atoms with Crippen LogP contribution in [0.2, 0.25) is 0 Å². The molecule has 3 heterocycles. The fraction of sp³-hybridized carbons (Fsp3) is 0.583. The number of nitrogens with zero attached hydrogens (tertiary/aromatic N) is 2. The van der Waals surface area contributed by atoms with Crippen LogP contribution in [0.25, 0.3) is 11.0 Å². The van der Waals surface area contributed by atoms with Gasteiger partial charge in [-0.2, -0.15) is 0 Å². The Morgan fingerprint density at radius 2 is 2.03 bits per heavy atom. The summed E-state index contributed by atoms with van der Waals surface area (Å²) >= 11 is 0. The van der Waals surface area contributed by atoms with Gasteiger partial charge in [-0.3, -0.25) is 9.59 Å². The Kier molecular flexibility index (Phi) is 7.01. The number of hydrogen-bond donors (Lipinski definition) is 1. The summed E-state index contributed by atoms with van der Waals surface area (Å²) in [6.45, 7) is 8.91. The molecule has 2 aliphatic rings. The van der Waals surface area contributed by atoms with Crippen molar-refractivity contribution in [3.63, 3.8) is 0 Å². The number of fused-ring (bicyclic) bond motifs is 1. The number of carbonyl (C=O) groups is 1. The van der Waals surface area contributed by atoms with Crippen LogP contribution in [0.4, 0.5) is 5.88 Å². The minimum absolute atomic E-state index is 0.0570. The molecule has 2 aromatic rings. The van der Waals surface area contributed by atoms with Crippen molar-refractivity contribution in [2.75, 3.05) is 57.4 Å². The molecule has 8 nitrogen and oxygen atoms in total. The molecule has 0 bridgehead atoms. The Bertz CT molecular complexity index is 1030. The van der Waals surface area contributed by atoms with Crippen molar-refractivity contribution in [3.05, 3.63) is 33.5 Å². The van der Waals surface area contributed by atoms with Crippen molar-refractivity contribution < 1.29 is 23.8 Å². The minimum Gasteiger partial charge on any atom is -0.500 e. The first-order valence-corrected chi connectivity index (χ1v) is 11.5. The lowest BCUT2D eigenvalue weighted by atomic mass is 9.97. The van der Waals surface area contributed by atoms with E-state index < -0.39 is 5.43 Å². The first-order valence-electron chi connectivity index (χ1n) is 11.5. The van der Waals surface area contributed by atoms with Crippen LogP contribution >= 0.6 is 0 Å². The van der Waals surface area contributed by atoms with Crippen molar-refractivity contribution in [1.82, 2.24) is 4.90 Å². The second kappa shape index (κ2) is 9.92. The summed E-state index contributed by atoms with van der Waals surface area (Å²) < 4.78 is 16.7. The fourth-order valence-corrected chi connectivity index (χ4v) is 4.65. The molecule has 0 aliphatic carbocycles. The van der Waals surface area contributed by atoms with E-state index in [-0.39, 0.29) is 23.5 Å². The summed E-state index contributed by atoms with van der Waals surface area (Å²) in [6, 6.07) is 3.68. The summed E-state index contributed by atoms with van der Waals surface area (Å²) in [6.07, 6.45) is 2.65. The SMILES string of the molecule is CCOC(=O)C1CCCN(CCc2ccc3c(=O)c(O)c(N4CCOCC4)oc3c2C)C1. The summed E-state index contributed by atoms with van der Waals surface area (Å²) in [5.41, 5.74) is 2.12. The lowest BCUT2D eigenvalue weighted by molar-refractivity contribution is -0.149. The number of anilines is 1. The maximum absolute atomic E-state index is 12.8. The average molecular weight is 445 g/mol. The highest BCUT2D eigenvalue weighted by atomic mass is 16.5. The summed E-state index contributed by atoms with van der Waals surface area (Å²) in [7, 11) is 0. The number of carbonyl (C=O) groups excluding carboxylic acids is 1. The summed E-state index contributed by atoms with van der Waals surface area (Å²) in [5.74, 6) is -0.279. The van der Waals surface area contributed by atoms with Crippen LogP contribution in [0.5, 0.6) is 5.75 Å². The second-order valence-electron chi connectivity index (χ2n) is 8.55. The van der Waals surface area contributed by atoms with Gasteiger partial charge in [0.25, 0.3) is 0 Å². The van der Waals surface area contributed by atoms with Crippen LogP contribution in [-0.4, -0.2) is 68.5 Å². The van der Waals surface area contributed by atoms with Crippen molar-refractivity contribution in [1.29, 1.82) is 0 Å². The third-order valence-electron chi connectivity index (χ3n) is 6.50. The van der Waals surface area contributed by atoms with E-state index in [1.54, 1.807) is 6.07 Å². The number of hydrogen-bond acceptors (Lipinski definition) is 8. The molecule has 1 atom stereocenters. The Morgan fingerprint density at radius 1 is 1.25 bits per heavy atom. The molecule has 32 heavy (non-hydrogen) atoms. The molecule has 4 rings (SSSR count). The minimum atomic E-state index is -0.407. The number of aryl methyl sites for hydroxylation is 1. The zero-order valence-corrected chi connectivity index (χ0v) is 18.9. The Balaban J connectivity index is 1.53. The maximum atomic E-state index is 12.8. The highest BCUT2D eigenvalue weighted by Gasteiger charge is 2.27. The monoisotopic (exact) mass is 444 g/mol. The topological polar surface area (TPSA) is 92.5 Å². The second-order valence-corrected chi connectivity index (χ2v) is 8.55. The summed E-state index contributed by atoms with van der Waals surface area (Å²) in [5, 5.41) is 10.8. The fourth-order valence-electron chi connectivity index (χ4n) is 4.65. The van der Waals surface area contributed by atoms with E-state index in [9.17, 15) is 14.7 Å². The van der Waals surface area contributed by atoms with Crippen LogP contribution < -0.4 is 10.3 Å². The number of aromatic hydroxyl groups is 1. The van der Waals surface area contributed by atoms with Gasteiger partial charge in [0.2, 0.25) is 17.1 Å². The van der Waals surface area contributed by atoms with Crippen molar-refractivity contribution in [3.8, 4) is 5.75 Å². The van der Waals surface area contributed by atoms with E-state index >= 15 is 0 Å². The van der Waals surface area contributed by atoms with Crippen molar-refractivity contribution >= 4 is 22.8 Å². The number of likely N-dealkylation sites (tertiary alicyclic amines) is 1. The van der Waals surface area contributed by atoms with Gasteiger partial charge in [-0.1, -0.05) is 6.07 Å². The van der Waals surface area contributed by atoms with E-state index in [0.717, 1.165) is 50.0 Å². The van der Waals surface area contributed by atoms with E-state index in [0.29, 0.717) is 43.9 Å². The molecule has 0 amide bonds. The van der Waals surface area contributed by atoms with Gasteiger partial charge in [-0.25, -0.2) is 0 Å². The average Bonchev–Trinajstić information content (AvgIpc) is 2.82. The predicted molar refractivity (Wildman–Crippen MR) is 121 cm³/mol. The van der Waals surface area contributed by atoms with E-state index in [4.69, 9.17) is 13.9 Å². The Hall–Kier alpha value is -2.58. The van der Waals surface area contributed by atoms with Gasteiger partial charge in [0.05, 0.1) is 31.1 Å². The van der Waals surface area contributed by atoms with Gasteiger partial charge in [0, 0.05) is 26.2 Å². The molecule has 2 aliphatic heterocycles. The number of esters is 1. The van der Waals surface area contributed by atoms with Gasteiger partial charge in [0.1, 0.15) is 5.58 Å². The highest BCUT2D eigenvalue weighted by molar-refractivity contribution is 5.84. The molecule has 1 aromatic carbocycles. The van der Waals surface area contributed by atoms with Crippen molar-refractivity contribution in [2.24, 2.45) is 5.92 Å². The van der Waals surface area contributed by atoms with Crippen LogP contribution in [0.3, 0.4) is 0 Å². The Labute approximate surface area is 187 Å². The molecule has 2 fully saturated rings. The molecule has 8 heteroatoms. The first kappa shape index (κ1) is 22.6. The molecule has 1 aromatic heterocycles. The zero-order chi connectivity index (χ0) is 22.7.